The fourth-order valence-electron chi connectivity index (χ4n) is 0.457. The third kappa shape index (κ3) is 13.0. The Bertz CT molecular complexity index is 107. The molecule has 76 valence electrons. The van der Waals surface area contributed by atoms with E-state index in [1.807, 2.05) is 0 Å². The lowest BCUT2D eigenvalue weighted by Gasteiger charge is -2.06. The van der Waals surface area contributed by atoms with Gasteiger partial charge in [0.05, 0.1) is 6.42 Å². The van der Waals surface area contributed by atoms with E-state index in [0.717, 1.165) is 0 Å². The fourth-order valence-corrected chi connectivity index (χ4v) is 1.37. The van der Waals surface area contributed by atoms with E-state index in [-0.39, 0.29) is 24.2 Å². The molecule has 0 saturated carbocycles. The van der Waals surface area contributed by atoms with Crippen molar-refractivity contribution in [3.8, 4) is 0 Å². The molecule has 1 atom stereocenters. The van der Waals surface area contributed by atoms with Gasteiger partial charge in [-0.3, -0.25) is 0 Å². The largest absolute Gasteiger partial charge is 0.389 e. The molecule has 0 aromatic heterocycles. The number of hydrogen-bond acceptors (Lipinski definition) is 2. The molecule has 0 aliphatic rings. The van der Waals surface area contributed by atoms with Crippen LogP contribution in [0, 0.1) is 0 Å². The molecule has 0 aromatic rings. The first kappa shape index (κ1) is 14.9. The third-order valence-electron chi connectivity index (χ3n) is 0.911. The van der Waals surface area contributed by atoms with Crippen LogP contribution in [-0.2, 0) is 0 Å². The zero-order valence-corrected chi connectivity index (χ0v) is 8.36. The highest BCUT2D eigenvalue weighted by Gasteiger charge is 2.25. The molecular weight excluding hydrogens is 211 g/mol. The molecule has 0 aliphatic heterocycles. The second-order valence-electron chi connectivity index (χ2n) is 2.42. The Balaban J connectivity index is 0. The average Bonchev–Trinajstić information content (AvgIpc) is 1.78. The van der Waals surface area contributed by atoms with Crippen LogP contribution in [0.1, 0.15) is 13.3 Å². The molecule has 0 bridgehead atoms. The molecule has 0 unspecified atom stereocenters. The highest BCUT2D eigenvalue weighted by molar-refractivity contribution is 7.99. The van der Waals surface area contributed by atoms with Crippen LogP contribution < -0.4 is 5.73 Å². The van der Waals surface area contributed by atoms with Crippen molar-refractivity contribution in [3.63, 3.8) is 0 Å². The van der Waals surface area contributed by atoms with E-state index in [0.29, 0.717) is 5.75 Å². The summed E-state index contributed by atoms with van der Waals surface area (Å²) in [5.41, 5.74) is 5.34. The van der Waals surface area contributed by atoms with Crippen LogP contribution in [0.4, 0.5) is 13.2 Å². The van der Waals surface area contributed by atoms with E-state index < -0.39 is 12.6 Å². The maximum Gasteiger partial charge on any atom is 0.389 e. The summed E-state index contributed by atoms with van der Waals surface area (Å²) in [7, 11) is 0. The Morgan fingerprint density at radius 1 is 1.42 bits per heavy atom. The Kier molecular flexibility index (Phi) is 8.51. The summed E-state index contributed by atoms with van der Waals surface area (Å²) >= 11 is 1.24. The van der Waals surface area contributed by atoms with Gasteiger partial charge in [-0.1, -0.05) is 0 Å². The number of rotatable bonds is 4. The predicted octanol–water partition coefficient (Wildman–Crippen LogP) is 2.44. The van der Waals surface area contributed by atoms with E-state index in [4.69, 9.17) is 5.73 Å². The molecule has 0 aliphatic carbocycles. The molecule has 0 spiro atoms. The van der Waals surface area contributed by atoms with Crippen LogP contribution in [0.25, 0.3) is 0 Å². The van der Waals surface area contributed by atoms with E-state index in [1.165, 1.54) is 11.8 Å². The molecule has 0 aromatic carbocycles. The minimum Gasteiger partial charge on any atom is -0.327 e. The van der Waals surface area contributed by atoms with Gasteiger partial charge < -0.3 is 5.73 Å². The minimum absolute atomic E-state index is 0. The van der Waals surface area contributed by atoms with Gasteiger partial charge in [-0.2, -0.15) is 24.9 Å². The van der Waals surface area contributed by atoms with Crippen molar-refractivity contribution < 1.29 is 13.2 Å². The molecule has 0 radical (unpaired) electrons. The standard InChI is InChI=1S/C6H12F3NS.ClH/c1-5(10)4-11-3-2-6(7,8)9;/h5H,2-4,10H2,1H3;1H/t5-;/m1./s1. The Labute approximate surface area is 80.7 Å². The number of hydrogen-bond donors (Lipinski definition) is 1. The van der Waals surface area contributed by atoms with Crippen LogP contribution in [0.5, 0.6) is 0 Å². The summed E-state index contributed by atoms with van der Waals surface area (Å²) in [5.74, 6) is 0.709. The van der Waals surface area contributed by atoms with Gasteiger partial charge >= 0.3 is 6.18 Å². The second-order valence-corrected chi connectivity index (χ2v) is 3.57. The highest BCUT2D eigenvalue weighted by Crippen LogP contribution is 2.21. The zero-order chi connectivity index (χ0) is 8.91. The lowest BCUT2D eigenvalue weighted by molar-refractivity contribution is -0.129. The Morgan fingerprint density at radius 3 is 2.25 bits per heavy atom. The van der Waals surface area contributed by atoms with E-state index in [1.54, 1.807) is 6.92 Å². The summed E-state index contributed by atoms with van der Waals surface area (Å²) in [5, 5.41) is 0. The molecule has 0 amide bonds. The molecule has 6 heteroatoms. The smallest absolute Gasteiger partial charge is 0.327 e. The van der Waals surface area contributed by atoms with Crippen molar-refractivity contribution in [3.05, 3.63) is 0 Å². The lowest BCUT2D eigenvalue weighted by atomic mass is 10.4. The summed E-state index contributed by atoms with van der Waals surface area (Å²) in [4.78, 5) is 0. The van der Waals surface area contributed by atoms with Gasteiger partial charge in [0.2, 0.25) is 0 Å². The average molecular weight is 224 g/mol. The van der Waals surface area contributed by atoms with Crippen molar-refractivity contribution in [2.45, 2.75) is 25.6 Å². The minimum atomic E-state index is -4.02. The third-order valence-corrected chi connectivity index (χ3v) is 2.16. The van der Waals surface area contributed by atoms with Crippen LogP contribution in [-0.4, -0.2) is 23.7 Å². The molecule has 12 heavy (non-hydrogen) atoms. The van der Waals surface area contributed by atoms with E-state index >= 15 is 0 Å². The van der Waals surface area contributed by atoms with Gasteiger partial charge in [-0.05, 0) is 6.92 Å². The predicted molar refractivity (Wildman–Crippen MR) is 48.9 cm³/mol. The number of halogens is 4. The maximum atomic E-state index is 11.5. The number of alkyl halides is 3. The first-order chi connectivity index (χ1) is 4.92. The maximum absolute atomic E-state index is 11.5. The van der Waals surface area contributed by atoms with Crippen LogP contribution in [0.15, 0.2) is 0 Å². The first-order valence-electron chi connectivity index (χ1n) is 3.32. The van der Waals surface area contributed by atoms with Gasteiger partial charge in [0.1, 0.15) is 0 Å². The van der Waals surface area contributed by atoms with E-state index in [2.05, 4.69) is 0 Å². The topological polar surface area (TPSA) is 26.0 Å². The number of nitrogens with two attached hydrogens (primary N) is 1. The van der Waals surface area contributed by atoms with Crippen molar-refractivity contribution in [1.82, 2.24) is 0 Å². The monoisotopic (exact) mass is 223 g/mol. The molecule has 2 N–H and O–H groups in total. The second kappa shape index (κ2) is 6.86. The van der Waals surface area contributed by atoms with Gasteiger partial charge in [-0.15, -0.1) is 12.4 Å². The lowest BCUT2D eigenvalue weighted by Crippen LogP contribution is -2.18. The molecule has 0 fully saturated rings. The zero-order valence-electron chi connectivity index (χ0n) is 6.73. The van der Waals surface area contributed by atoms with Gasteiger partial charge in [0.15, 0.2) is 0 Å². The normalized spacial score (nSPS) is 13.8. The fraction of sp³-hybridized carbons (Fsp3) is 1.00. The summed E-state index contributed by atoms with van der Waals surface area (Å²) in [6.07, 6.45) is -4.74. The van der Waals surface area contributed by atoms with Gasteiger partial charge in [0, 0.05) is 17.5 Å². The quantitative estimate of drug-likeness (QED) is 0.741. The van der Waals surface area contributed by atoms with Gasteiger partial charge in [-0.25, -0.2) is 0 Å². The van der Waals surface area contributed by atoms with Gasteiger partial charge in [0.25, 0.3) is 0 Å². The van der Waals surface area contributed by atoms with E-state index in [9.17, 15) is 13.2 Å². The first-order valence-corrected chi connectivity index (χ1v) is 4.47. The van der Waals surface area contributed by atoms with Crippen molar-refractivity contribution in [2.75, 3.05) is 11.5 Å². The molecule has 0 heterocycles. The SMILES string of the molecule is C[C@@H](N)CSCCC(F)(F)F.Cl. The molecule has 0 rings (SSSR count). The Hall–Kier alpha value is 0.390. The van der Waals surface area contributed by atoms with Crippen LogP contribution in [0.2, 0.25) is 0 Å². The van der Waals surface area contributed by atoms with Crippen molar-refractivity contribution in [1.29, 1.82) is 0 Å². The summed E-state index contributed by atoms with van der Waals surface area (Å²) < 4.78 is 34.6. The van der Waals surface area contributed by atoms with Crippen molar-refractivity contribution >= 4 is 24.2 Å². The number of thioether (sulfide) groups is 1. The van der Waals surface area contributed by atoms with Crippen LogP contribution in [0.3, 0.4) is 0 Å². The summed E-state index contributed by atoms with van der Waals surface area (Å²) in [6, 6.07) is -0.0202. The van der Waals surface area contributed by atoms with Crippen LogP contribution >= 0.6 is 24.2 Å². The molecular formula is C6H13ClF3NS. The van der Waals surface area contributed by atoms with Crippen molar-refractivity contribution in [2.24, 2.45) is 5.73 Å². The highest BCUT2D eigenvalue weighted by atomic mass is 35.5. The Morgan fingerprint density at radius 2 is 1.92 bits per heavy atom. The molecule has 1 nitrogen and oxygen atoms in total. The molecule has 0 saturated heterocycles. The summed E-state index contributed by atoms with van der Waals surface area (Å²) in [6.45, 7) is 1.78.